The van der Waals surface area contributed by atoms with E-state index in [2.05, 4.69) is 0 Å². The van der Waals surface area contributed by atoms with Gasteiger partial charge in [-0.2, -0.15) is 0 Å². The Bertz CT molecular complexity index is 937. The summed E-state index contributed by atoms with van der Waals surface area (Å²) in [5.41, 5.74) is 2.99. The van der Waals surface area contributed by atoms with Crippen molar-refractivity contribution >= 4 is 0 Å². The van der Waals surface area contributed by atoms with E-state index in [1.54, 1.807) is 0 Å². The lowest BCUT2D eigenvalue weighted by molar-refractivity contribution is -0.307. The SMILES string of the molecule is O[C@@H]1[C@@H](OCc2ccccc2)[C@H](OCc2ccccc2)[C@@H](COCc2ccccc2)O[C@H]1O. The second-order valence-electron chi connectivity index (χ2n) is 8.08. The molecule has 3 aromatic carbocycles. The van der Waals surface area contributed by atoms with Gasteiger partial charge < -0.3 is 29.2 Å². The van der Waals surface area contributed by atoms with E-state index in [9.17, 15) is 10.2 Å². The number of hydrogen-bond donors (Lipinski definition) is 2. The first-order valence-electron chi connectivity index (χ1n) is 11.1. The van der Waals surface area contributed by atoms with Gasteiger partial charge in [-0.25, -0.2) is 0 Å². The maximum absolute atomic E-state index is 10.7. The summed E-state index contributed by atoms with van der Waals surface area (Å²) >= 11 is 0. The topological polar surface area (TPSA) is 77.4 Å². The predicted molar refractivity (Wildman–Crippen MR) is 123 cm³/mol. The first kappa shape index (κ1) is 23.6. The fourth-order valence-electron chi connectivity index (χ4n) is 3.84. The van der Waals surface area contributed by atoms with Crippen LogP contribution in [0.4, 0.5) is 0 Å². The Kier molecular flexibility index (Phi) is 8.60. The third-order valence-corrected chi connectivity index (χ3v) is 5.60. The molecule has 1 fully saturated rings. The van der Waals surface area contributed by atoms with Crippen LogP contribution in [-0.2, 0) is 38.8 Å². The van der Waals surface area contributed by atoms with E-state index in [4.69, 9.17) is 18.9 Å². The first-order valence-corrected chi connectivity index (χ1v) is 11.1. The highest BCUT2D eigenvalue weighted by Crippen LogP contribution is 2.27. The third-order valence-electron chi connectivity index (χ3n) is 5.60. The molecule has 0 aliphatic carbocycles. The summed E-state index contributed by atoms with van der Waals surface area (Å²) in [5.74, 6) is 0. The molecule has 1 heterocycles. The van der Waals surface area contributed by atoms with Crippen LogP contribution in [0.15, 0.2) is 91.0 Å². The van der Waals surface area contributed by atoms with Crippen LogP contribution in [-0.4, -0.2) is 47.5 Å². The molecule has 0 spiro atoms. The zero-order valence-electron chi connectivity index (χ0n) is 18.4. The third kappa shape index (κ3) is 6.71. The van der Waals surface area contributed by atoms with Crippen LogP contribution < -0.4 is 0 Å². The molecular weight excluding hydrogens is 420 g/mol. The molecule has 0 amide bonds. The normalized spacial score (nSPS) is 25.1. The summed E-state index contributed by atoms with van der Waals surface area (Å²) in [4.78, 5) is 0. The van der Waals surface area contributed by atoms with Crippen LogP contribution in [0.25, 0.3) is 0 Å². The molecule has 174 valence electrons. The van der Waals surface area contributed by atoms with E-state index in [0.717, 1.165) is 16.7 Å². The molecule has 0 bridgehead atoms. The highest BCUT2D eigenvalue weighted by molar-refractivity contribution is 5.15. The Morgan fingerprint density at radius 2 is 1.06 bits per heavy atom. The van der Waals surface area contributed by atoms with Crippen molar-refractivity contribution in [3.05, 3.63) is 108 Å². The molecule has 3 aromatic rings. The molecule has 33 heavy (non-hydrogen) atoms. The molecule has 6 heteroatoms. The molecule has 0 unspecified atom stereocenters. The lowest BCUT2D eigenvalue weighted by Crippen LogP contribution is -2.60. The van der Waals surface area contributed by atoms with Gasteiger partial charge in [0.1, 0.15) is 24.4 Å². The number of rotatable bonds is 10. The number of benzene rings is 3. The summed E-state index contributed by atoms with van der Waals surface area (Å²) in [5, 5.41) is 21.1. The van der Waals surface area contributed by atoms with Crippen molar-refractivity contribution < 1.29 is 29.2 Å². The van der Waals surface area contributed by atoms with E-state index in [-0.39, 0.29) is 13.2 Å². The van der Waals surface area contributed by atoms with Gasteiger partial charge in [-0.05, 0) is 16.7 Å². The quantitative estimate of drug-likeness (QED) is 0.493. The van der Waals surface area contributed by atoms with E-state index >= 15 is 0 Å². The molecule has 1 saturated heterocycles. The lowest BCUT2D eigenvalue weighted by atomic mass is 9.98. The van der Waals surface area contributed by atoms with Gasteiger partial charge in [-0.15, -0.1) is 0 Å². The van der Waals surface area contributed by atoms with Gasteiger partial charge >= 0.3 is 0 Å². The fourth-order valence-corrected chi connectivity index (χ4v) is 3.84. The van der Waals surface area contributed by atoms with Crippen LogP contribution in [0.3, 0.4) is 0 Å². The Morgan fingerprint density at radius 3 is 1.58 bits per heavy atom. The first-order chi connectivity index (χ1) is 16.2. The maximum Gasteiger partial charge on any atom is 0.184 e. The molecule has 6 nitrogen and oxygen atoms in total. The van der Waals surface area contributed by atoms with E-state index in [0.29, 0.717) is 13.2 Å². The number of aliphatic hydroxyl groups excluding tert-OH is 2. The zero-order valence-corrected chi connectivity index (χ0v) is 18.4. The minimum Gasteiger partial charge on any atom is -0.385 e. The molecule has 2 N–H and O–H groups in total. The van der Waals surface area contributed by atoms with Gasteiger partial charge in [0.15, 0.2) is 6.29 Å². The van der Waals surface area contributed by atoms with Crippen LogP contribution in [0.2, 0.25) is 0 Å². The summed E-state index contributed by atoms with van der Waals surface area (Å²) in [6.45, 7) is 1.18. The standard InChI is InChI=1S/C27H30O6/c28-24-26(32-18-22-14-8-3-9-15-22)25(31-17-21-12-6-2-7-13-21)23(33-27(24)29)19-30-16-20-10-4-1-5-11-20/h1-15,23-29H,16-19H2/t23-,24-,25-,26-,27-/m1/s1. The molecule has 5 atom stereocenters. The van der Waals surface area contributed by atoms with Crippen LogP contribution in [0.5, 0.6) is 0 Å². The molecular formula is C27H30O6. The molecule has 1 aliphatic heterocycles. The van der Waals surface area contributed by atoms with Crippen molar-refractivity contribution in [3.8, 4) is 0 Å². The summed E-state index contributed by atoms with van der Waals surface area (Å²) in [6.07, 6.45) is -4.68. The Balaban J connectivity index is 1.46. The van der Waals surface area contributed by atoms with Crippen molar-refractivity contribution in [2.45, 2.75) is 50.5 Å². The molecule has 4 rings (SSSR count). The highest BCUT2D eigenvalue weighted by Gasteiger charge is 2.46. The minimum atomic E-state index is -1.40. The molecule has 0 radical (unpaired) electrons. The van der Waals surface area contributed by atoms with Crippen molar-refractivity contribution in [1.29, 1.82) is 0 Å². The second-order valence-corrected chi connectivity index (χ2v) is 8.08. The molecule has 1 aliphatic rings. The number of hydrogen-bond acceptors (Lipinski definition) is 6. The highest BCUT2D eigenvalue weighted by atomic mass is 16.7. The summed E-state index contributed by atoms with van der Waals surface area (Å²) in [7, 11) is 0. The number of aliphatic hydroxyl groups is 2. The van der Waals surface area contributed by atoms with Crippen molar-refractivity contribution in [1.82, 2.24) is 0 Å². The summed E-state index contributed by atoms with van der Waals surface area (Å²) < 4.78 is 23.9. The fraction of sp³-hybridized carbons (Fsp3) is 0.333. The van der Waals surface area contributed by atoms with Crippen LogP contribution in [0.1, 0.15) is 16.7 Å². The monoisotopic (exact) mass is 450 g/mol. The van der Waals surface area contributed by atoms with Crippen molar-refractivity contribution in [3.63, 3.8) is 0 Å². The summed E-state index contributed by atoms with van der Waals surface area (Å²) in [6, 6.07) is 29.3. The smallest absolute Gasteiger partial charge is 0.184 e. The van der Waals surface area contributed by atoms with Gasteiger partial charge in [-0.1, -0.05) is 91.0 Å². The Labute approximate surface area is 194 Å². The Hall–Kier alpha value is -2.58. The van der Waals surface area contributed by atoms with E-state index < -0.39 is 30.7 Å². The maximum atomic E-state index is 10.7. The predicted octanol–water partition coefficient (Wildman–Crippen LogP) is 3.45. The van der Waals surface area contributed by atoms with Gasteiger partial charge in [0.25, 0.3) is 0 Å². The van der Waals surface area contributed by atoms with Gasteiger partial charge in [0, 0.05) is 0 Å². The molecule has 0 aromatic heterocycles. The Morgan fingerprint density at radius 1 is 0.606 bits per heavy atom. The van der Waals surface area contributed by atoms with E-state index in [1.165, 1.54) is 0 Å². The molecule has 0 saturated carbocycles. The second kappa shape index (κ2) is 12.0. The van der Waals surface area contributed by atoms with Gasteiger partial charge in [0.05, 0.1) is 26.4 Å². The van der Waals surface area contributed by atoms with Crippen molar-refractivity contribution in [2.75, 3.05) is 6.61 Å². The largest absolute Gasteiger partial charge is 0.385 e. The van der Waals surface area contributed by atoms with Crippen LogP contribution >= 0.6 is 0 Å². The van der Waals surface area contributed by atoms with Crippen LogP contribution in [0, 0.1) is 0 Å². The lowest BCUT2D eigenvalue weighted by Gasteiger charge is -2.42. The van der Waals surface area contributed by atoms with Gasteiger partial charge in [-0.3, -0.25) is 0 Å². The van der Waals surface area contributed by atoms with Crippen molar-refractivity contribution in [2.24, 2.45) is 0 Å². The average Bonchev–Trinajstić information content (AvgIpc) is 2.86. The zero-order chi connectivity index (χ0) is 22.9. The van der Waals surface area contributed by atoms with E-state index in [1.807, 2.05) is 91.0 Å². The number of ether oxygens (including phenoxy) is 4. The minimum absolute atomic E-state index is 0.184. The van der Waals surface area contributed by atoms with Gasteiger partial charge in [0.2, 0.25) is 0 Å². The average molecular weight is 451 g/mol.